The minimum atomic E-state index is -0.791. The van der Waals surface area contributed by atoms with E-state index >= 15 is 0 Å². The van der Waals surface area contributed by atoms with E-state index in [1.807, 2.05) is 0 Å². The van der Waals surface area contributed by atoms with Crippen LogP contribution in [-0.2, 0) is 0 Å². The molecule has 1 fully saturated rings. The van der Waals surface area contributed by atoms with Crippen LogP contribution in [0.25, 0.3) is 5.69 Å². The van der Waals surface area contributed by atoms with Crippen LogP contribution >= 0.6 is 0 Å². The summed E-state index contributed by atoms with van der Waals surface area (Å²) in [6.45, 7) is 2.13. The number of aromatic nitrogens is 2. The molecule has 0 radical (unpaired) electrons. The van der Waals surface area contributed by atoms with Gasteiger partial charge >= 0.3 is 0 Å². The monoisotopic (exact) mass is 443 g/mol. The number of hydrogen-bond acceptors (Lipinski definition) is 4. The summed E-state index contributed by atoms with van der Waals surface area (Å²) in [4.78, 5) is 26.9. The Morgan fingerprint density at radius 1 is 1.03 bits per heavy atom. The summed E-state index contributed by atoms with van der Waals surface area (Å²) in [5.74, 6) is -2.63. The summed E-state index contributed by atoms with van der Waals surface area (Å²) >= 11 is 0. The smallest absolute Gasteiger partial charge is 0.278 e. The van der Waals surface area contributed by atoms with Crippen molar-refractivity contribution in [1.29, 1.82) is 0 Å². The van der Waals surface area contributed by atoms with Gasteiger partial charge in [0.25, 0.3) is 5.91 Å². The van der Waals surface area contributed by atoms with E-state index in [1.54, 1.807) is 13.0 Å². The Kier molecular flexibility index (Phi) is 5.98. The van der Waals surface area contributed by atoms with Crippen LogP contribution in [0.15, 0.2) is 53.3 Å². The fraction of sp³-hybridized carbons (Fsp3) is 0.261. The fourth-order valence-corrected chi connectivity index (χ4v) is 3.64. The molecular formula is C23H20F3N3O3. The molecule has 0 unspecified atom stereocenters. The number of amides is 1. The highest BCUT2D eigenvalue weighted by Gasteiger charge is 2.28. The minimum absolute atomic E-state index is 0.0517. The SMILES string of the molecule is Cc1cc(=O)c(C(=O)N2CCC(Oc3ccc(F)cc3F)CC2)nn1-c1ccccc1F. The normalized spacial score (nSPS) is 14.4. The first-order chi connectivity index (χ1) is 15.3. The zero-order valence-electron chi connectivity index (χ0n) is 17.2. The highest BCUT2D eigenvalue weighted by atomic mass is 19.1. The van der Waals surface area contributed by atoms with Gasteiger partial charge in [-0.2, -0.15) is 5.10 Å². The molecule has 0 saturated carbocycles. The lowest BCUT2D eigenvalue weighted by Crippen LogP contribution is -2.44. The molecule has 32 heavy (non-hydrogen) atoms. The number of ether oxygens (including phenoxy) is 1. The van der Waals surface area contributed by atoms with Crippen LogP contribution in [0.3, 0.4) is 0 Å². The summed E-state index contributed by atoms with van der Waals surface area (Å²) in [6, 6.07) is 10.3. The molecule has 6 nitrogen and oxygen atoms in total. The summed E-state index contributed by atoms with van der Waals surface area (Å²) in [5, 5.41) is 4.14. The number of halogens is 3. The average Bonchev–Trinajstić information content (AvgIpc) is 2.77. The largest absolute Gasteiger partial charge is 0.487 e. The molecule has 2 aromatic carbocycles. The van der Waals surface area contributed by atoms with Crippen molar-refractivity contribution >= 4 is 5.91 Å². The number of benzene rings is 2. The number of rotatable bonds is 4. The van der Waals surface area contributed by atoms with Gasteiger partial charge < -0.3 is 9.64 Å². The van der Waals surface area contributed by atoms with Gasteiger partial charge in [-0.1, -0.05) is 12.1 Å². The molecule has 3 aromatic rings. The van der Waals surface area contributed by atoms with Gasteiger partial charge in [-0.15, -0.1) is 0 Å². The molecule has 2 heterocycles. The summed E-state index contributed by atoms with van der Waals surface area (Å²) in [6.07, 6.45) is 0.436. The standard InChI is InChI=1S/C23H20F3N3O3/c1-14-12-20(30)22(27-29(14)19-5-3-2-4-17(19)25)23(31)28-10-8-16(9-11-28)32-21-7-6-15(24)13-18(21)26/h2-7,12-13,16H,8-11H2,1H3. The van der Waals surface area contributed by atoms with Crippen molar-refractivity contribution in [3.05, 3.63) is 87.6 Å². The second-order valence-electron chi connectivity index (χ2n) is 7.55. The van der Waals surface area contributed by atoms with Crippen molar-refractivity contribution in [2.75, 3.05) is 13.1 Å². The lowest BCUT2D eigenvalue weighted by molar-refractivity contribution is 0.0579. The van der Waals surface area contributed by atoms with Crippen LogP contribution in [0.1, 0.15) is 29.0 Å². The van der Waals surface area contributed by atoms with Gasteiger partial charge in [-0.05, 0) is 31.2 Å². The molecule has 9 heteroatoms. The van der Waals surface area contributed by atoms with E-state index in [2.05, 4.69) is 5.10 Å². The van der Waals surface area contributed by atoms with Gasteiger partial charge in [0, 0.05) is 43.8 Å². The van der Waals surface area contributed by atoms with Gasteiger partial charge in [-0.3, -0.25) is 9.59 Å². The molecule has 1 aliphatic rings. The minimum Gasteiger partial charge on any atom is -0.487 e. The highest BCUT2D eigenvalue weighted by Crippen LogP contribution is 2.23. The molecular weight excluding hydrogens is 423 g/mol. The van der Waals surface area contributed by atoms with Gasteiger partial charge in [0.1, 0.15) is 23.4 Å². The molecule has 1 aromatic heterocycles. The number of carbonyl (C=O) groups is 1. The van der Waals surface area contributed by atoms with Gasteiger partial charge in [-0.25, -0.2) is 17.9 Å². The molecule has 0 bridgehead atoms. The first-order valence-electron chi connectivity index (χ1n) is 10.1. The molecule has 1 amide bonds. The van der Waals surface area contributed by atoms with Crippen molar-refractivity contribution in [2.24, 2.45) is 0 Å². The third-order valence-corrected chi connectivity index (χ3v) is 5.31. The quantitative estimate of drug-likeness (QED) is 0.618. The van der Waals surface area contributed by atoms with Crippen molar-refractivity contribution in [1.82, 2.24) is 14.7 Å². The summed E-state index contributed by atoms with van der Waals surface area (Å²) in [5.41, 5.74) is -0.327. The topological polar surface area (TPSA) is 64.4 Å². The lowest BCUT2D eigenvalue weighted by Gasteiger charge is -2.32. The van der Waals surface area contributed by atoms with E-state index in [9.17, 15) is 22.8 Å². The van der Waals surface area contributed by atoms with E-state index in [0.717, 1.165) is 12.1 Å². The number of likely N-dealkylation sites (tertiary alicyclic amines) is 1. The first kappa shape index (κ1) is 21.6. The molecule has 1 aliphatic heterocycles. The van der Waals surface area contributed by atoms with E-state index in [0.29, 0.717) is 18.5 Å². The van der Waals surface area contributed by atoms with E-state index in [4.69, 9.17) is 4.74 Å². The molecule has 0 atom stereocenters. The van der Waals surface area contributed by atoms with Gasteiger partial charge in [0.05, 0.1) is 0 Å². The highest BCUT2D eigenvalue weighted by molar-refractivity contribution is 5.92. The summed E-state index contributed by atoms with van der Waals surface area (Å²) < 4.78 is 47.9. The number of para-hydroxylation sites is 1. The second kappa shape index (κ2) is 8.86. The Labute approximate surface area is 181 Å². The zero-order valence-corrected chi connectivity index (χ0v) is 17.2. The average molecular weight is 443 g/mol. The molecule has 0 N–H and O–H groups in total. The molecule has 4 rings (SSSR count). The number of carbonyl (C=O) groups excluding carboxylic acids is 1. The molecule has 0 aliphatic carbocycles. The van der Waals surface area contributed by atoms with Crippen LogP contribution in [0.2, 0.25) is 0 Å². The maximum absolute atomic E-state index is 14.2. The van der Waals surface area contributed by atoms with Crippen molar-refractivity contribution in [3.8, 4) is 11.4 Å². The zero-order chi connectivity index (χ0) is 22.8. The van der Waals surface area contributed by atoms with E-state index in [-0.39, 0.29) is 36.3 Å². The Hall–Kier alpha value is -3.62. The number of nitrogens with zero attached hydrogens (tertiary/aromatic N) is 3. The van der Waals surface area contributed by atoms with Crippen molar-refractivity contribution < 1.29 is 22.7 Å². The number of hydrogen-bond donors (Lipinski definition) is 0. The number of aryl methyl sites for hydroxylation is 1. The molecule has 166 valence electrons. The number of piperidine rings is 1. The molecule has 0 spiro atoms. The Bertz CT molecular complexity index is 1220. The van der Waals surface area contributed by atoms with Gasteiger partial charge in [0.2, 0.25) is 5.43 Å². The Balaban J connectivity index is 1.49. The van der Waals surface area contributed by atoms with E-state index in [1.165, 1.54) is 39.9 Å². The molecule has 1 saturated heterocycles. The van der Waals surface area contributed by atoms with Crippen LogP contribution in [0.4, 0.5) is 13.2 Å². The predicted molar refractivity (Wildman–Crippen MR) is 110 cm³/mol. The summed E-state index contributed by atoms with van der Waals surface area (Å²) in [7, 11) is 0. The van der Waals surface area contributed by atoms with Crippen molar-refractivity contribution in [2.45, 2.75) is 25.9 Å². The Morgan fingerprint density at radius 3 is 2.44 bits per heavy atom. The van der Waals surface area contributed by atoms with E-state index < -0.39 is 28.8 Å². The maximum Gasteiger partial charge on any atom is 0.278 e. The third-order valence-electron chi connectivity index (χ3n) is 5.31. The maximum atomic E-state index is 14.2. The van der Waals surface area contributed by atoms with Crippen LogP contribution in [0.5, 0.6) is 5.75 Å². The van der Waals surface area contributed by atoms with Crippen molar-refractivity contribution in [3.63, 3.8) is 0 Å². The van der Waals surface area contributed by atoms with Gasteiger partial charge in [0.15, 0.2) is 17.3 Å². The van der Waals surface area contributed by atoms with Crippen LogP contribution in [0, 0.1) is 24.4 Å². The fourth-order valence-electron chi connectivity index (χ4n) is 3.64. The second-order valence-corrected chi connectivity index (χ2v) is 7.55. The van der Waals surface area contributed by atoms with Crippen LogP contribution < -0.4 is 10.2 Å². The first-order valence-corrected chi connectivity index (χ1v) is 10.1. The Morgan fingerprint density at radius 2 is 1.75 bits per heavy atom. The third kappa shape index (κ3) is 4.37. The van der Waals surface area contributed by atoms with Crippen LogP contribution in [-0.4, -0.2) is 39.8 Å². The predicted octanol–water partition coefficient (Wildman–Crippen LogP) is 3.64. The lowest BCUT2D eigenvalue weighted by atomic mass is 10.1.